The number of nitrogens with one attached hydrogen (secondary N) is 1. The van der Waals surface area contributed by atoms with Gasteiger partial charge in [-0.3, -0.25) is 19.4 Å². The summed E-state index contributed by atoms with van der Waals surface area (Å²) in [6.45, 7) is 1.83. The Hall–Kier alpha value is -3.75. The van der Waals surface area contributed by atoms with Crippen LogP contribution < -0.4 is 15.0 Å². The van der Waals surface area contributed by atoms with Crippen molar-refractivity contribution in [1.29, 1.82) is 0 Å². The van der Waals surface area contributed by atoms with Gasteiger partial charge in [0.1, 0.15) is 12.3 Å². The highest BCUT2D eigenvalue weighted by molar-refractivity contribution is 6.25. The molecule has 2 atom stereocenters. The molecule has 2 aliphatic rings. The van der Waals surface area contributed by atoms with Crippen LogP contribution in [0.1, 0.15) is 12.5 Å². The maximum absolute atomic E-state index is 13.0. The Labute approximate surface area is 173 Å². The van der Waals surface area contributed by atoms with Crippen LogP contribution in [0.3, 0.4) is 0 Å². The predicted octanol–water partition coefficient (Wildman–Crippen LogP) is 2.19. The van der Waals surface area contributed by atoms with Crippen molar-refractivity contribution in [1.82, 2.24) is 5.01 Å². The van der Waals surface area contributed by atoms with Gasteiger partial charge in [0, 0.05) is 5.69 Å². The topological polar surface area (TPSA) is 104 Å². The van der Waals surface area contributed by atoms with E-state index in [2.05, 4.69) is 15.7 Å². The Morgan fingerprint density at radius 1 is 1.07 bits per heavy atom. The van der Waals surface area contributed by atoms with Gasteiger partial charge in [-0.1, -0.05) is 24.3 Å². The molecule has 0 saturated carbocycles. The first-order valence-electron chi connectivity index (χ1n) is 9.60. The lowest BCUT2D eigenvalue weighted by atomic mass is 10.1. The second-order valence-corrected chi connectivity index (χ2v) is 7.00. The monoisotopic (exact) mass is 407 g/mol. The lowest BCUT2D eigenvalue weighted by molar-refractivity contribution is -0.123. The summed E-state index contributed by atoms with van der Waals surface area (Å²) in [5.74, 6) is -0.565. The fourth-order valence-electron chi connectivity index (χ4n) is 3.51. The fraction of sp³-hybridized carbons (Fsp3) is 0.286. The molecule has 0 bridgehead atoms. The lowest BCUT2D eigenvalue weighted by Crippen LogP contribution is -2.43. The van der Waals surface area contributed by atoms with Crippen LogP contribution in [0.4, 0.5) is 11.4 Å². The number of carbonyl (C=O) groups excluding carboxylic acids is 3. The highest BCUT2D eigenvalue weighted by Gasteiger charge is 2.55. The normalized spacial score (nSPS) is 19.9. The van der Waals surface area contributed by atoms with Crippen LogP contribution in [0.15, 0.2) is 58.9 Å². The summed E-state index contributed by atoms with van der Waals surface area (Å²) >= 11 is 0. The molecule has 1 saturated heterocycles. The van der Waals surface area contributed by atoms with Crippen LogP contribution in [-0.2, 0) is 20.8 Å². The third-order valence-electron chi connectivity index (χ3n) is 5.14. The summed E-state index contributed by atoms with van der Waals surface area (Å²) < 4.78 is 5.09. The van der Waals surface area contributed by atoms with Crippen LogP contribution in [0, 0.1) is 0 Å². The largest absolute Gasteiger partial charge is 0.497 e. The predicted molar refractivity (Wildman–Crippen MR) is 109 cm³/mol. The molecule has 3 amide bonds. The van der Waals surface area contributed by atoms with E-state index in [0.717, 1.165) is 16.9 Å². The number of ether oxygens (including phenoxy) is 1. The van der Waals surface area contributed by atoms with E-state index in [9.17, 15) is 14.4 Å². The van der Waals surface area contributed by atoms with Gasteiger partial charge in [-0.2, -0.15) is 5.11 Å². The first-order valence-corrected chi connectivity index (χ1v) is 9.60. The Bertz CT molecular complexity index is 1000. The SMILES string of the molecule is CCc1ccc(N2C(=O)[C@@H]3[C@@H](N=NN3CC(=O)Nc3ccc(OC)cc3)C2=O)cc1. The molecule has 0 aromatic heterocycles. The van der Waals surface area contributed by atoms with Crippen LogP contribution >= 0.6 is 0 Å². The van der Waals surface area contributed by atoms with Gasteiger partial charge in [0.2, 0.25) is 5.91 Å². The summed E-state index contributed by atoms with van der Waals surface area (Å²) in [5.41, 5.74) is 2.18. The first kappa shape index (κ1) is 19.6. The molecule has 4 rings (SSSR count). The second kappa shape index (κ2) is 7.94. The quantitative estimate of drug-likeness (QED) is 0.740. The number of benzene rings is 2. The van der Waals surface area contributed by atoms with Crippen molar-refractivity contribution in [3.05, 3.63) is 54.1 Å². The Morgan fingerprint density at radius 3 is 2.40 bits per heavy atom. The van der Waals surface area contributed by atoms with Gasteiger partial charge >= 0.3 is 0 Å². The first-order chi connectivity index (χ1) is 14.5. The minimum absolute atomic E-state index is 0.196. The van der Waals surface area contributed by atoms with E-state index < -0.39 is 23.9 Å². The molecule has 2 aliphatic heterocycles. The molecule has 1 fully saturated rings. The highest BCUT2D eigenvalue weighted by atomic mass is 16.5. The number of rotatable bonds is 6. The van der Waals surface area contributed by atoms with E-state index in [1.54, 1.807) is 43.5 Å². The number of hydrogen-bond donors (Lipinski definition) is 1. The minimum atomic E-state index is -0.933. The molecule has 2 heterocycles. The number of anilines is 2. The smallest absolute Gasteiger partial charge is 0.263 e. The van der Waals surface area contributed by atoms with Gasteiger partial charge in [-0.25, -0.2) is 4.90 Å². The zero-order valence-corrected chi connectivity index (χ0v) is 16.6. The summed E-state index contributed by atoms with van der Waals surface area (Å²) in [6, 6.07) is 12.3. The van der Waals surface area contributed by atoms with Crippen molar-refractivity contribution in [2.75, 3.05) is 23.9 Å². The van der Waals surface area contributed by atoms with Crippen molar-refractivity contribution in [3.8, 4) is 5.75 Å². The minimum Gasteiger partial charge on any atom is -0.497 e. The molecule has 9 heteroatoms. The Balaban J connectivity index is 1.45. The number of carbonyl (C=O) groups is 3. The van der Waals surface area contributed by atoms with Gasteiger partial charge in [0.25, 0.3) is 11.8 Å². The number of fused-ring (bicyclic) bond motifs is 1. The number of hydrogen-bond acceptors (Lipinski definition) is 7. The van der Waals surface area contributed by atoms with Crippen molar-refractivity contribution in [2.45, 2.75) is 25.4 Å². The van der Waals surface area contributed by atoms with Crippen molar-refractivity contribution in [2.24, 2.45) is 10.3 Å². The van der Waals surface area contributed by atoms with E-state index >= 15 is 0 Å². The second-order valence-electron chi connectivity index (χ2n) is 7.00. The molecule has 0 radical (unpaired) electrons. The van der Waals surface area contributed by atoms with Crippen LogP contribution in [0.25, 0.3) is 0 Å². The van der Waals surface area contributed by atoms with Gasteiger partial charge < -0.3 is 10.1 Å². The Kier molecular flexibility index (Phi) is 5.18. The zero-order valence-electron chi connectivity index (χ0n) is 16.6. The van der Waals surface area contributed by atoms with E-state index in [0.29, 0.717) is 17.1 Å². The molecule has 9 nitrogen and oxygen atoms in total. The van der Waals surface area contributed by atoms with Gasteiger partial charge in [-0.15, -0.1) is 0 Å². The molecular weight excluding hydrogens is 386 g/mol. The van der Waals surface area contributed by atoms with E-state index in [-0.39, 0.29) is 12.5 Å². The number of methoxy groups -OCH3 is 1. The van der Waals surface area contributed by atoms with Crippen LogP contribution in [0.5, 0.6) is 5.75 Å². The van der Waals surface area contributed by atoms with Gasteiger partial charge in [0.05, 0.1) is 12.8 Å². The maximum atomic E-state index is 13.0. The average molecular weight is 407 g/mol. The number of aryl methyl sites for hydroxylation is 1. The third kappa shape index (κ3) is 3.49. The molecule has 0 spiro atoms. The third-order valence-corrected chi connectivity index (χ3v) is 5.14. The van der Waals surface area contributed by atoms with E-state index in [1.807, 2.05) is 19.1 Å². The zero-order chi connectivity index (χ0) is 21.3. The van der Waals surface area contributed by atoms with E-state index in [1.165, 1.54) is 5.01 Å². The fourth-order valence-corrected chi connectivity index (χ4v) is 3.51. The van der Waals surface area contributed by atoms with Gasteiger partial charge in [0.15, 0.2) is 12.1 Å². The van der Waals surface area contributed by atoms with Crippen molar-refractivity contribution < 1.29 is 19.1 Å². The standard InChI is InChI=1S/C21H21N5O4/c1-3-13-4-8-15(9-5-13)26-20(28)18-19(21(26)29)25(24-23-18)12-17(27)22-14-6-10-16(30-2)11-7-14/h4-11,18-19H,3,12H2,1-2H3,(H,22,27)/t18-,19+/m1/s1. The Morgan fingerprint density at radius 2 is 1.77 bits per heavy atom. The highest BCUT2D eigenvalue weighted by Crippen LogP contribution is 2.32. The number of amides is 3. The number of nitrogens with zero attached hydrogens (tertiary/aromatic N) is 4. The molecule has 2 aromatic rings. The van der Waals surface area contributed by atoms with Gasteiger partial charge in [-0.05, 0) is 48.4 Å². The molecule has 30 heavy (non-hydrogen) atoms. The molecule has 154 valence electrons. The van der Waals surface area contributed by atoms with E-state index in [4.69, 9.17) is 4.74 Å². The molecule has 0 aliphatic carbocycles. The summed E-state index contributed by atoms with van der Waals surface area (Å²) in [7, 11) is 1.56. The van der Waals surface area contributed by atoms with Crippen LogP contribution in [0.2, 0.25) is 0 Å². The average Bonchev–Trinajstić information content (AvgIpc) is 3.28. The van der Waals surface area contributed by atoms with Crippen molar-refractivity contribution >= 4 is 29.1 Å². The summed E-state index contributed by atoms with van der Waals surface area (Å²) in [4.78, 5) is 39.3. The molecule has 1 N–H and O–H groups in total. The number of imide groups is 1. The molecular formula is C21H21N5O4. The summed E-state index contributed by atoms with van der Waals surface area (Å²) in [5, 5.41) is 11.8. The lowest BCUT2D eigenvalue weighted by Gasteiger charge is -2.20. The maximum Gasteiger partial charge on any atom is 0.263 e. The van der Waals surface area contributed by atoms with Crippen LogP contribution in [-0.4, -0.2) is 48.5 Å². The molecule has 0 unspecified atom stereocenters. The van der Waals surface area contributed by atoms with Crippen molar-refractivity contribution in [3.63, 3.8) is 0 Å². The summed E-state index contributed by atoms with van der Waals surface area (Å²) in [6.07, 6.45) is 0.860. The molecule has 2 aromatic carbocycles.